The summed E-state index contributed by atoms with van der Waals surface area (Å²) in [6.07, 6.45) is 0. The molecule has 1 aliphatic heterocycles. The fourth-order valence-corrected chi connectivity index (χ4v) is 2.48. The van der Waals surface area contributed by atoms with E-state index in [1.807, 2.05) is 0 Å². The van der Waals surface area contributed by atoms with E-state index in [1.165, 1.54) is 6.07 Å². The van der Waals surface area contributed by atoms with E-state index in [-0.39, 0.29) is 24.2 Å². The highest BCUT2D eigenvalue weighted by Crippen LogP contribution is 2.28. The zero-order valence-electron chi connectivity index (χ0n) is 12.1. The number of halogens is 3. The molecule has 1 aromatic carbocycles. The largest absolute Gasteiger partial charge is 0.497 e. The van der Waals surface area contributed by atoms with Crippen LogP contribution in [-0.2, 0) is 6.54 Å². The monoisotopic (exact) mass is 322 g/mol. The average molecular weight is 323 g/mol. The van der Waals surface area contributed by atoms with Crippen molar-refractivity contribution in [3.05, 3.63) is 23.8 Å². The smallest absolute Gasteiger partial charge is 0.387 e. The van der Waals surface area contributed by atoms with E-state index >= 15 is 0 Å². The molecular weight excluding hydrogens is 302 g/mol. The Balaban J connectivity index is 0.00000220. The molecule has 2 atom stereocenters. The van der Waals surface area contributed by atoms with Crippen molar-refractivity contribution in [2.24, 2.45) is 11.7 Å². The molecule has 0 radical (unpaired) electrons. The molecule has 2 rings (SSSR count). The molecule has 4 nitrogen and oxygen atoms in total. The number of hydrogen-bond donors (Lipinski definition) is 1. The summed E-state index contributed by atoms with van der Waals surface area (Å²) in [5, 5.41) is 0. The summed E-state index contributed by atoms with van der Waals surface area (Å²) in [5.41, 5.74) is 6.67. The Kier molecular flexibility index (Phi) is 6.64. The SMILES string of the molecule is COc1ccc(OC(F)F)c(CN2CC(C)C(N)C2)c1.Cl. The Morgan fingerprint density at radius 2 is 2.10 bits per heavy atom. The third kappa shape index (κ3) is 4.69. The number of nitrogens with zero attached hydrogens (tertiary/aromatic N) is 1. The molecule has 2 unspecified atom stereocenters. The lowest BCUT2D eigenvalue weighted by atomic mass is 10.1. The van der Waals surface area contributed by atoms with Crippen molar-refractivity contribution < 1.29 is 18.3 Å². The molecule has 0 amide bonds. The topological polar surface area (TPSA) is 47.7 Å². The number of benzene rings is 1. The fraction of sp³-hybridized carbons (Fsp3) is 0.571. The van der Waals surface area contributed by atoms with Gasteiger partial charge in [0.05, 0.1) is 7.11 Å². The van der Waals surface area contributed by atoms with Gasteiger partial charge in [-0.2, -0.15) is 8.78 Å². The Labute approximate surface area is 129 Å². The molecule has 21 heavy (non-hydrogen) atoms. The van der Waals surface area contributed by atoms with Gasteiger partial charge in [-0.15, -0.1) is 12.4 Å². The minimum absolute atomic E-state index is 0. The third-order valence-corrected chi connectivity index (χ3v) is 3.62. The van der Waals surface area contributed by atoms with E-state index in [0.717, 1.165) is 13.1 Å². The van der Waals surface area contributed by atoms with Crippen LogP contribution < -0.4 is 15.2 Å². The zero-order chi connectivity index (χ0) is 14.7. The number of nitrogens with two attached hydrogens (primary N) is 1. The third-order valence-electron chi connectivity index (χ3n) is 3.62. The lowest BCUT2D eigenvalue weighted by Gasteiger charge is -2.18. The van der Waals surface area contributed by atoms with Crippen LogP contribution in [0.4, 0.5) is 8.78 Å². The van der Waals surface area contributed by atoms with E-state index in [2.05, 4.69) is 16.6 Å². The van der Waals surface area contributed by atoms with Gasteiger partial charge in [0.25, 0.3) is 0 Å². The first kappa shape index (κ1) is 17.9. The summed E-state index contributed by atoms with van der Waals surface area (Å²) >= 11 is 0. The fourth-order valence-electron chi connectivity index (χ4n) is 2.48. The van der Waals surface area contributed by atoms with Crippen LogP contribution in [0.15, 0.2) is 18.2 Å². The number of hydrogen-bond acceptors (Lipinski definition) is 4. The molecule has 120 valence electrons. The van der Waals surface area contributed by atoms with Gasteiger partial charge in [0.2, 0.25) is 0 Å². The Hall–Kier alpha value is -1.11. The van der Waals surface area contributed by atoms with Gasteiger partial charge in [0.1, 0.15) is 11.5 Å². The highest BCUT2D eigenvalue weighted by molar-refractivity contribution is 5.85. The number of rotatable bonds is 5. The van der Waals surface area contributed by atoms with Crippen LogP contribution in [0, 0.1) is 5.92 Å². The van der Waals surface area contributed by atoms with E-state index in [0.29, 0.717) is 23.8 Å². The van der Waals surface area contributed by atoms with E-state index < -0.39 is 6.61 Å². The Morgan fingerprint density at radius 1 is 1.38 bits per heavy atom. The number of likely N-dealkylation sites (tertiary alicyclic amines) is 1. The highest BCUT2D eigenvalue weighted by atomic mass is 35.5. The molecule has 1 aromatic rings. The summed E-state index contributed by atoms with van der Waals surface area (Å²) < 4.78 is 34.6. The molecule has 1 fully saturated rings. The minimum Gasteiger partial charge on any atom is -0.497 e. The molecule has 0 spiro atoms. The van der Waals surface area contributed by atoms with Crippen LogP contribution in [0.2, 0.25) is 0 Å². The maximum absolute atomic E-state index is 12.4. The predicted molar refractivity (Wildman–Crippen MR) is 79.3 cm³/mol. The first-order chi connectivity index (χ1) is 9.49. The molecule has 2 N–H and O–H groups in total. The lowest BCUT2D eigenvalue weighted by molar-refractivity contribution is -0.0507. The summed E-state index contributed by atoms with van der Waals surface area (Å²) in [6.45, 7) is 1.39. The van der Waals surface area contributed by atoms with Crippen molar-refractivity contribution in [2.75, 3.05) is 20.2 Å². The summed E-state index contributed by atoms with van der Waals surface area (Å²) in [5.74, 6) is 1.21. The number of alkyl halides is 2. The van der Waals surface area contributed by atoms with Gasteiger partial charge in [0.15, 0.2) is 0 Å². The molecule has 1 heterocycles. The van der Waals surface area contributed by atoms with Gasteiger partial charge >= 0.3 is 6.61 Å². The van der Waals surface area contributed by atoms with Crippen LogP contribution in [-0.4, -0.2) is 37.8 Å². The standard InChI is InChI=1S/C14H20F2N2O2.ClH/c1-9-6-18(8-12(9)17)7-10-5-11(19-2)3-4-13(10)20-14(15)16;/h3-5,9,12,14H,6-8,17H2,1-2H3;1H. The van der Waals surface area contributed by atoms with Crippen LogP contribution in [0.25, 0.3) is 0 Å². The van der Waals surface area contributed by atoms with Crippen LogP contribution >= 0.6 is 12.4 Å². The van der Waals surface area contributed by atoms with Gasteiger partial charge in [0, 0.05) is 31.2 Å². The van der Waals surface area contributed by atoms with Crippen molar-refractivity contribution in [3.63, 3.8) is 0 Å². The quantitative estimate of drug-likeness (QED) is 0.905. The second kappa shape index (κ2) is 7.77. The highest BCUT2D eigenvalue weighted by Gasteiger charge is 2.27. The van der Waals surface area contributed by atoms with Crippen molar-refractivity contribution in [3.8, 4) is 11.5 Å². The molecule has 0 saturated carbocycles. The van der Waals surface area contributed by atoms with Crippen LogP contribution in [0.3, 0.4) is 0 Å². The lowest BCUT2D eigenvalue weighted by Crippen LogP contribution is -2.28. The van der Waals surface area contributed by atoms with Crippen molar-refractivity contribution in [1.82, 2.24) is 4.90 Å². The van der Waals surface area contributed by atoms with Crippen LogP contribution in [0.1, 0.15) is 12.5 Å². The number of ether oxygens (including phenoxy) is 2. The molecule has 0 bridgehead atoms. The average Bonchev–Trinajstić information content (AvgIpc) is 2.70. The summed E-state index contributed by atoms with van der Waals surface area (Å²) in [6, 6.07) is 4.98. The Morgan fingerprint density at radius 3 is 2.62 bits per heavy atom. The second-order valence-corrected chi connectivity index (χ2v) is 5.19. The van der Waals surface area contributed by atoms with Gasteiger partial charge in [-0.3, -0.25) is 4.90 Å². The first-order valence-electron chi connectivity index (χ1n) is 6.59. The van der Waals surface area contributed by atoms with Crippen molar-refractivity contribution in [1.29, 1.82) is 0 Å². The summed E-state index contributed by atoms with van der Waals surface area (Å²) in [4.78, 5) is 2.14. The normalized spacial score (nSPS) is 22.2. The molecular formula is C14H21ClF2N2O2. The maximum atomic E-state index is 12.4. The van der Waals surface area contributed by atoms with Crippen LogP contribution in [0.5, 0.6) is 11.5 Å². The molecule has 1 saturated heterocycles. The predicted octanol–water partition coefficient (Wildman–Crippen LogP) is 2.50. The molecule has 0 aliphatic carbocycles. The Bertz CT molecular complexity index is 453. The van der Waals surface area contributed by atoms with E-state index in [1.54, 1.807) is 19.2 Å². The van der Waals surface area contributed by atoms with Crippen molar-refractivity contribution >= 4 is 12.4 Å². The first-order valence-corrected chi connectivity index (χ1v) is 6.59. The summed E-state index contributed by atoms with van der Waals surface area (Å²) in [7, 11) is 1.54. The zero-order valence-corrected chi connectivity index (χ0v) is 12.9. The number of methoxy groups -OCH3 is 1. The maximum Gasteiger partial charge on any atom is 0.387 e. The molecule has 7 heteroatoms. The van der Waals surface area contributed by atoms with Crippen molar-refractivity contribution in [2.45, 2.75) is 26.1 Å². The second-order valence-electron chi connectivity index (χ2n) is 5.19. The minimum atomic E-state index is -2.83. The van der Waals surface area contributed by atoms with Gasteiger partial charge in [-0.1, -0.05) is 6.92 Å². The van der Waals surface area contributed by atoms with Gasteiger partial charge < -0.3 is 15.2 Å². The molecule has 0 aromatic heterocycles. The molecule has 1 aliphatic rings. The van der Waals surface area contributed by atoms with E-state index in [4.69, 9.17) is 10.5 Å². The van der Waals surface area contributed by atoms with Gasteiger partial charge in [-0.05, 0) is 24.1 Å². The van der Waals surface area contributed by atoms with Gasteiger partial charge in [-0.25, -0.2) is 0 Å². The van der Waals surface area contributed by atoms with E-state index in [9.17, 15) is 8.78 Å².